The van der Waals surface area contributed by atoms with E-state index in [0.29, 0.717) is 43.7 Å². The number of hydrogen-bond acceptors (Lipinski definition) is 6. The second-order valence-electron chi connectivity index (χ2n) is 11.2. The Morgan fingerprint density at radius 2 is 1.73 bits per heavy atom. The molecule has 1 aromatic rings. The van der Waals surface area contributed by atoms with Crippen molar-refractivity contribution in [3.63, 3.8) is 0 Å². The van der Waals surface area contributed by atoms with Gasteiger partial charge in [-0.15, -0.1) is 0 Å². The number of benzene rings is 1. The number of nitrogens with zero attached hydrogens (tertiary/aromatic N) is 3. The number of carbonyl (C=O) groups is 3. The molecule has 4 heterocycles. The topological polar surface area (TPSA) is 82.2 Å². The molecule has 1 unspecified atom stereocenters. The van der Waals surface area contributed by atoms with Crippen molar-refractivity contribution < 1.29 is 27.9 Å². The Labute approximate surface area is 215 Å². The van der Waals surface area contributed by atoms with Crippen LogP contribution >= 0.6 is 0 Å². The smallest absolute Gasteiger partial charge is 0.255 e. The number of likely N-dealkylation sites (tertiary alicyclic amines) is 2. The summed E-state index contributed by atoms with van der Waals surface area (Å²) in [6, 6.07) is 5.55. The van der Waals surface area contributed by atoms with E-state index in [9.17, 15) is 23.2 Å². The first-order valence-corrected chi connectivity index (χ1v) is 13.6. The van der Waals surface area contributed by atoms with Gasteiger partial charge in [-0.3, -0.25) is 29.5 Å². The van der Waals surface area contributed by atoms with Crippen molar-refractivity contribution in [2.45, 2.75) is 88.1 Å². The minimum Gasteiger partial charge on any atom is -0.489 e. The molecule has 0 spiro atoms. The minimum atomic E-state index is -2.51. The average molecular weight is 517 g/mol. The third-order valence-electron chi connectivity index (χ3n) is 8.86. The third kappa shape index (κ3) is 4.85. The van der Waals surface area contributed by atoms with E-state index in [-0.39, 0.29) is 37.2 Å². The molecule has 1 saturated carbocycles. The molecule has 8 nitrogen and oxygen atoms in total. The fraction of sp³-hybridized carbons (Fsp3) is 0.667. The van der Waals surface area contributed by atoms with E-state index in [0.717, 1.165) is 50.1 Å². The van der Waals surface area contributed by atoms with Crippen molar-refractivity contribution in [2.75, 3.05) is 26.2 Å². The van der Waals surface area contributed by atoms with Crippen LogP contribution in [0.2, 0.25) is 0 Å². The molecule has 0 aromatic heterocycles. The molecule has 1 aromatic carbocycles. The summed E-state index contributed by atoms with van der Waals surface area (Å²) in [6.45, 7) is 3.07. The number of halogens is 2. The lowest BCUT2D eigenvalue weighted by molar-refractivity contribution is -0.136. The SMILES string of the molecule is O=C1CCC(N2Cc3cc(O[C@@H]4CCCC[C@@H]4N4CC(N5CCC(F)(F)CC5)C4)ccc3C2=O)C(=O)N1. The average Bonchev–Trinajstić information content (AvgIpc) is 3.15. The van der Waals surface area contributed by atoms with Crippen LogP contribution in [0.1, 0.15) is 67.3 Å². The molecule has 0 radical (unpaired) electrons. The second kappa shape index (κ2) is 9.62. The third-order valence-corrected chi connectivity index (χ3v) is 8.86. The lowest BCUT2D eigenvalue weighted by Gasteiger charge is -2.52. The number of piperidine rings is 2. The fourth-order valence-electron chi connectivity index (χ4n) is 6.64. The van der Waals surface area contributed by atoms with E-state index in [4.69, 9.17) is 4.74 Å². The Kier molecular flexibility index (Phi) is 6.43. The normalized spacial score (nSPS) is 31.1. The highest BCUT2D eigenvalue weighted by atomic mass is 19.3. The minimum absolute atomic E-state index is 0.0412. The predicted octanol–water partition coefficient (Wildman–Crippen LogP) is 2.55. The molecule has 3 atom stereocenters. The van der Waals surface area contributed by atoms with Gasteiger partial charge in [0.25, 0.3) is 11.8 Å². The first kappa shape index (κ1) is 24.7. The van der Waals surface area contributed by atoms with Crippen LogP contribution in [0.25, 0.3) is 0 Å². The fourth-order valence-corrected chi connectivity index (χ4v) is 6.64. The zero-order valence-corrected chi connectivity index (χ0v) is 21.0. The van der Waals surface area contributed by atoms with Crippen LogP contribution < -0.4 is 10.1 Å². The number of nitrogens with one attached hydrogen (secondary N) is 1. The van der Waals surface area contributed by atoms with Crippen LogP contribution in [0.15, 0.2) is 18.2 Å². The molecule has 1 N–H and O–H groups in total. The van der Waals surface area contributed by atoms with Crippen molar-refractivity contribution in [1.29, 1.82) is 0 Å². The molecule has 0 bridgehead atoms. The van der Waals surface area contributed by atoms with E-state index in [1.54, 1.807) is 11.0 Å². The second-order valence-corrected chi connectivity index (χ2v) is 11.2. The maximum Gasteiger partial charge on any atom is 0.255 e. The number of fused-ring (bicyclic) bond motifs is 1. The summed E-state index contributed by atoms with van der Waals surface area (Å²) in [5.41, 5.74) is 1.42. The lowest BCUT2D eigenvalue weighted by Crippen LogP contribution is -2.66. The first-order chi connectivity index (χ1) is 17.8. The predicted molar refractivity (Wildman–Crippen MR) is 130 cm³/mol. The number of carbonyl (C=O) groups excluding carboxylic acids is 3. The molecule has 3 saturated heterocycles. The van der Waals surface area contributed by atoms with Gasteiger partial charge in [0, 0.05) is 69.6 Å². The van der Waals surface area contributed by atoms with Crippen molar-refractivity contribution in [1.82, 2.24) is 20.0 Å². The number of rotatable bonds is 5. The highest BCUT2D eigenvalue weighted by Gasteiger charge is 2.44. The van der Waals surface area contributed by atoms with Crippen LogP contribution in [0.3, 0.4) is 0 Å². The van der Waals surface area contributed by atoms with Gasteiger partial charge in [0.2, 0.25) is 11.8 Å². The number of ether oxygens (including phenoxy) is 1. The molecule has 37 heavy (non-hydrogen) atoms. The van der Waals surface area contributed by atoms with Gasteiger partial charge in [-0.25, -0.2) is 8.78 Å². The maximum absolute atomic E-state index is 13.5. The molecule has 10 heteroatoms. The Morgan fingerprint density at radius 1 is 0.973 bits per heavy atom. The van der Waals surface area contributed by atoms with Crippen LogP contribution in [0.4, 0.5) is 8.78 Å². The van der Waals surface area contributed by atoms with Gasteiger partial charge in [-0.05, 0) is 49.4 Å². The largest absolute Gasteiger partial charge is 0.489 e. The molecule has 4 aliphatic heterocycles. The molecule has 3 amide bonds. The van der Waals surface area contributed by atoms with Crippen molar-refractivity contribution >= 4 is 17.7 Å². The highest BCUT2D eigenvalue weighted by Crippen LogP contribution is 2.35. The molecule has 4 fully saturated rings. The summed E-state index contributed by atoms with van der Waals surface area (Å²) in [6.07, 6.45) is 4.81. The van der Waals surface area contributed by atoms with Gasteiger partial charge in [-0.1, -0.05) is 6.42 Å². The van der Waals surface area contributed by atoms with E-state index in [1.165, 1.54) is 0 Å². The van der Waals surface area contributed by atoms with E-state index in [2.05, 4.69) is 15.1 Å². The number of alkyl halides is 2. The summed E-state index contributed by atoms with van der Waals surface area (Å²) < 4.78 is 33.6. The summed E-state index contributed by atoms with van der Waals surface area (Å²) >= 11 is 0. The number of amides is 3. The van der Waals surface area contributed by atoms with E-state index >= 15 is 0 Å². The monoisotopic (exact) mass is 516 g/mol. The van der Waals surface area contributed by atoms with E-state index < -0.39 is 17.9 Å². The lowest BCUT2D eigenvalue weighted by atomic mass is 9.88. The molecule has 5 aliphatic rings. The van der Waals surface area contributed by atoms with Gasteiger partial charge >= 0.3 is 0 Å². The molecule has 200 valence electrons. The zero-order valence-electron chi connectivity index (χ0n) is 21.0. The van der Waals surface area contributed by atoms with Gasteiger partial charge in [0.1, 0.15) is 17.9 Å². The van der Waals surface area contributed by atoms with Crippen molar-refractivity contribution in [3.05, 3.63) is 29.3 Å². The first-order valence-electron chi connectivity index (χ1n) is 13.6. The van der Waals surface area contributed by atoms with Gasteiger partial charge in [-0.2, -0.15) is 0 Å². The molecule has 6 rings (SSSR count). The van der Waals surface area contributed by atoms with Crippen LogP contribution in [0, 0.1) is 0 Å². The standard InChI is InChI=1S/C27H34F2N4O4/c28-27(29)9-11-31(12-10-27)18-15-32(16-18)21-3-1-2-4-23(21)37-19-5-6-20-17(13-19)14-33(26(20)36)22-7-8-24(34)30-25(22)35/h5-6,13,18,21-23H,1-4,7-12,14-16H2,(H,30,34,35)/t21-,22?,23+/m0/s1. The van der Waals surface area contributed by atoms with Crippen LogP contribution in [-0.2, 0) is 16.1 Å². The molecular weight excluding hydrogens is 482 g/mol. The summed E-state index contributed by atoms with van der Waals surface area (Å²) in [5, 5.41) is 2.34. The molecule has 1 aliphatic carbocycles. The van der Waals surface area contributed by atoms with Crippen LogP contribution in [0.5, 0.6) is 5.75 Å². The Bertz CT molecular complexity index is 1080. The Balaban J connectivity index is 1.08. The Morgan fingerprint density at radius 3 is 2.49 bits per heavy atom. The summed E-state index contributed by atoms with van der Waals surface area (Å²) in [5.74, 6) is -2.68. The maximum atomic E-state index is 13.5. The van der Waals surface area contributed by atoms with Crippen molar-refractivity contribution in [3.8, 4) is 5.75 Å². The van der Waals surface area contributed by atoms with Crippen LogP contribution in [-0.4, -0.2) is 88.8 Å². The quantitative estimate of drug-likeness (QED) is 0.606. The number of imide groups is 1. The highest BCUT2D eigenvalue weighted by molar-refractivity contribution is 6.05. The zero-order chi connectivity index (χ0) is 25.7. The van der Waals surface area contributed by atoms with Crippen molar-refractivity contribution in [2.24, 2.45) is 0 Å². The summed E-state index contributed by atoms with van der Waals surface area (Å²) in [4.78, 5) is 43.0. The van der Waals surface area contributed by atoms with E-state index in [1.807, 2.05) is 12.1 Å². The number of hydrogen-bond donors (Lipinski definition) is 1. The Hall–Kier alpha value is -2.59. The van der Waals surface area contributed by atoms with Gasteiger partial charge < -0.3 is 9.64 Å². The molecular formula is C27H34F2N4O4. The van der Waals surface area contributed by atoms with Gasteiger partial charge in [0.05, 0.1) is 0 Å². The van der Waals surface area contributed by atoms with Gasteiger partial charge in [0.15, 0.2) is 0 Å². The summed E-state index contributed by atoms with van der Waals surface area (Å²) in [7, 11) is 0.